The highest BCUT2D eigenvalue weighted by Gasteiger charge is 2.25. The molecule has 0 unspecified atom stereocenters. The number of likely N-dealkylation sites (tertiary alicyclic amines) is 1. The van der Waals surface area contributed by atoms with Crippen molar-refractivity contribution >= 4 is 11.8 Å². The van der Waals surface area contributed by atoms with Crippen molar-refractivity contribution in [1.82, 2.24) is 14.4 Å². The van der Waals surface area contributed by atoms with Gasteiger partial charge in [0.25, 0.3) is 11.8 Å². The molecule has 2 aromatic rings. The molecule has 32 heavy (non-hydrogen) atoms. The minimum absolute atomic E-state index is 0.0712. The van der Waals surface area contributed by atoms with Crippen molar-refractivity contribution in [3.8, 4) is 0 Å². The Balaban J connectivity index is 1.87. The summed E-state index contributed by atoms with van der Waals surface area (Å²) in [6.07, 6.45) is 8.06. The van der Waals surface area contributed by atoms with Crippen molar-refractivity contribution in [2.45, 2.75) is 52.5 Å². The third kappa shape index (κ3) is 6.09. The Morgan fingerprint density at radius 3 is 2.22 bits per heavy atom. The van der Waals surface area contributed by atoms with E-state index in [-0.39, 0.29) is 22.9 Å². The number of carbonyl (C=O) groups excluding carboxylic acids is 2. The van der Waals surface area contributed by atoms with Crippen LogP contribution >= 0.6 is 0 Å². The van der Waals surface area contributed by atoms with Gasteiger partial charge in [-0.3, -0.25) is 14.4 Å². The molecule has 0 spiro atoms. The number of hydrogen-bond acceptors (Lipinski definition) is 3. The summed E-state index contributed by atoms with van der Waals surface area (Å²) in [6.45, 7) is 6.60. The quantitative estimate of drug-likeness (QED) is 0.661. The molecular formula is C26H35N3O3. The predicted molar refractivity (Wildman–Crippen MR) is 127 cm³/mol. The normalized spacial score (nSPS) is 14.3. The van der Waals surface area contributed by atoms with Gasteiger partial charge in [0, 0.05) is 45.6 Å². The van der Waals surface area contributed by atoms with Gasteiger partial charge in [0.1, 0.15) is 11.1 Å². The second kappa shape index (κ2) is 11.1. The topological polar surface area (TPSA) is 62.6 Å². The Hall–Kier alpha value is -2.89. The van der Waals surface area contributed by atoms with E-state index in [1.807, 2.05) is 34.9 Å². The molecule has 1 aromatic carbocycles. The highest BCUT2D eigenvalue weighted by atomic mass is 16.2. The molecular weight excluding hydrogens is 402 g/mol. The maximum Gasteiger partial charge on any atom is 0.259 e. The standard InChI is InChI=1S/C26H35N3O3/c1-20(2)17-28-18-22(25(31)27(3)16-13-21-11-7-6-8-12-21)24(30)23(19-28)26(32)29-14-9-4-5-10-15-29/h6-8,11-12,18-20H,4-5,9-10,13-17H2,1-3H3. The molecule has 1 saturated heterocycles. The van der Waals surface area contributed by atoms with Gasteiger partial charge < -0.3 is 14.4 Å². The van der Waals surface area contributed by atoms with Crippen LogP contribution in [0.3, 0.4) is 0 Å². The van der Waals surface area contributed by atoms with Crippen LogP contribution in [0.4, 0.5) is 0 Å². The van der Waals surface area contributed by atoms with Gasteiger partial charge in [0.15, 0.2) is 0 Å². The van der Waals surface area contributed by atoms with E-state index in [4.69, 9.17) is 0 Å². The summed E-state index contributed by atoms with van der Waals surface area (Å²) < 4.78 is 1.83. The van der Waals surface area contributed by atoms with Crippen LogP contribution in [0.15, 0.2) is 47.5 Å². The highest BCUT2D eigenvalue weighted by molar-refractivity contribution is 5.99. The van der Waals surface area contributed by atoms with Crippen molar-refractivity contribution in [1.29, 1.82) is 0 Å². The lowest BCUT2D eigenvalue weighted by molar-refractivity contribution is 0.0759. The molecule has 0 atom stereocenters. The van der Waals surface area contributed by atoms with Crippen LogP contribution in [0.2, 0.25) is 0 Å². The molecule has 0 N–H and O–H groups in total. The van der Waals surface area contributed by atoms with Gasteiger partial charge in [-0.25, -0.2) is 0 Å². The van der Waals surface area contributed by atoms with E-state index < -0.39 is 5.43 Å². The average Bonchev–Trinajstić information content (AvgIpc) is 3.07. The molecule has 2 heterocycles. The van der Waals surface area contributed by atoms with Crippen molar-refractivity contribution in [2.24, 2.45) is 5.92 Å². The summed E-state index contributed by atoms with van der Waals surface area (Å²) in [7, 11) is 1.71. The summed E-state index contributed by atoms with van der Waals surface area (Å²) in [4.78, 5) is 43.1. The zero-order valence-electron chi connectivity index (χ0n) is 19.5. The molecule has 0 aliphatic carbocycles. The smallest absolute Gasteiger partial charge is 0.259 e. The first kappa shape index (κ1) is 23.8. The number of benzene rings is 1. The van der Waals surface area contributed by atoms with Crippen molar-refractivity contribution in [3.05, 3.63) is 69.6 Å². The summed E-state index contributed by atoms with van der Waals surface area (Å²) >= 11 is 0. The Morgan fingerprint density at radius 2 is 1.59 bits per heavy atom. The van der Waals surface area contributed by atoms with E-state index in [0.29, 0.717) is 38.5 Å². The second-order valence-corrected chi connectivity index (χ2v) is 9.17. The highest BCUT2D eigenvalue weighted by Crippen LogP contribution is 2.14. The van der Waals surface area contributed by atoms with Crippen LogP contribution in [0, 0.1) is 5.92 Å². The number of amides is 2. The number of likely N-dealkylation sites (N-methyl/N-ethyl adjacent to an activating group) is 1. The first-order valence-corrected chi connectivity index (χ1v) is 11.7. The van der Waals surface area contributed by atoms with Gasteiger partial charge in [-0.05, 0) is 30.7 Å². The number of rotatable bonds is 7. The number of nitrogens with zero attached hydrogens (tertiary/aromatic N) is 3. The molecule has 2 amide bonds. The maximum absolute atomic E-state index is 13.3. The summed E-state index contributed by atoms with van der Waals surface area (Å²) in [5.74, 6) is -0.276. The SMILES string of the molecule is CC(C)Cn1cc(C(=O)N(C)CCc2ccccc2)c(=O)c(C(=O)N2CCCCCC2)c1. The number of pyridine rings is 1. The predicted octanol–water partition coefficient (Wildman–Crippen LogP) is 3.84. The first-order chi connectivity index (χ1) is 15.4. The van der Waals surface area contributed by atoms with Crippen molar-refractivity contribution in [3.63, 3.8) is 0 Å². The Bertz CT molecular complexity index is 974. The van der Waals surface area contributed by atoms with Gasteiger partial charge in [-0.15, -0.1) is 0 Å². The van der Waals surface area contributed by atoms with Crippen molar-refractivity contribution in [2.75, 3.05) is 26.7 Å². The van der Waals surface area contributed by atoms with E-state index in [9.17, 15) is 14.4 Å². The molecule has 1 aliphatic rings. The second-order valence-electron chi connectivity index (χ2n) is 9.17. The van der Waals surface area contributed by atoms with Crippen LogP contribution in [-0.2, 0) is 13.0 Å². The molecule has 0 bridgehead atoms. The lowest BCUT2D eigenvalue weighted by Crippen LogP contribution is -2.39. The van der Waals surface area contributed by atoms with Crippen molar-refractivity contribution < 1.29 is 9.59 Å². The van der Waals surface area contributed by atoms with Gasteiger partial charge in [-0.1, -0.05) is 57.0 Å². The Kier molecular flexibility index (Phi) is 8.26. The van der Waals surface area contributed by atoms with Gasteiger partial charge in [0.05, 0.1) is 0 Å². The maximum atomic E-state index is 13.3. The average molecular weight is 438 g/mol. The van der Waals surface area contributed by atoms with E-state index in [1.54, 1.807) is 29.2 Å². The van der Waals surface area contributed by atoms with Crippen LogP contribution < -0.4 is 5.43 Å². The molecule has 0 radical (unpaired) electrons. The minimum Gasteiger partial charge on any atom is -0.352 e. The third-order valence-electron chi connectivity index (χ3n) is 5.93. The van der Waals surface area contributed by atoms with E-state index in [1.165, 1.54) is 0 Å². The Morgan fingerprint density at radius 1 is 0.969 bits per heavy atom. The summed E-state index contributed by atoms with van der Waals surface area (Å²) in [5.41, 5.74) is 0.849. The number of carbonyl (C=O) groups is 2. The molecule has 6 nitrogen and oxygen atoms in total. The molecule has 1 aliphatic heterocycles. The molecule has 6 heteroatoms. The van der Waals surface area contributed by atoms with E-state index in [2.05, 4.69) is 13.8 Å². The lowest BCUT2D eigenvalue weighted by atomic mass is 10.1. The number of aromatic nitrogens is 1. The van der Waals surface area contributed by atoms with Gasteiger partial charge in [0.2, 0.25) is 5.43 Å². The summed E-state index contributed by atoms with van der Waals surface area (Å²) in [6, 6.07) is 9.95. The van der Waals surface area contributed by atoms with Crippen LogP contribution in [0.5, 0.6) is 0 Å². The molecule has 172 valence electrons. The monoisotopic (exact) mass is 437 g/mol. The zero-order valence-corrected chi connectivity index (χ0v) is 19.5. The van der Waals surface area contributed by atoms with Gasteiger partial charge >= 0.3 is 0 Å². The fourth-order valence-corrected chi connectivity index (χ4v) is 4.16. The molecule has 0 saturated carbocycles. The van der Waals surface area contributed by atoms with Crippen LogP contribution in [0.25, 0.3) is 0 Å². The van der Waals surface area contributed by atoms with Crippen LogP contribution in [-0.4, -0.2) is 52.9 Å². The largest absolute Gasteiger partial charge is 0.352 e. The van der Waals surface area contributed by atoms with Crippen LogP contribution in [0.1, 0.15) is 65.8 Å². The zero-order chi connectivity index (χ0) is 23.1. The lowest BCUT2D eigenvalue weighted by Gasteiger charge is -2.22. The van der Waals surface area contributed by atoms with Gasteiger partial charge in [-0.2, -0.15) is 0 Å². The first-order valence-electron chi connectivity index (χ1n) is 11.7. The number of hydrogen-bond donors (Lipinski definition) is 0. The third-order valence-corrected chi connectivity index (χ3v) is 5.93. The summed E-state index contributed by atoms with van der Waals surface area (Å²) in [5, 5.41) is 0. The fraction of sp³-hybridized carbons (Fsp3) is 0.500. The van der Waals surface area contributed by atoms with E-state index >= 15 is 0 Å². The fourth-order valence-electron chi connectivity index (χ4n) is 4.16. The molecule has 3 rings (SSSR count). The molecule has 1 fully saturated rings. The minimum atomic E-state index is -0.462. The Labute approximate surface area is 190 Å². The molecule has 1 aromatic heterocycles. The van der Waals surface area contributed by atoms with E-state index in [0.717, 1.165) is 31.2 Å².